The number of hydrogen-bond donors (Lipinski definition) is 0. The van der Waals surface area contributed by atoms with Gasteiger partial charge in [-0.25, -0.2) is 4.98 Å². The highest BCUT2D eigenvalue weighted by atomic mass is 32.2. The minimum Gasteiger partial charge on any atom is -0.337 e. The van der Waals surface area contributed by atoms with Gasteiger partial charge in [0.2, 0.25) is 5.91 Å². The van der Waals surface area contributed by atoms with Crippen LogP contribution in [0.4, 0.5) is 0 Å². The first kappa shape index (κ1) is 18.0. The van der Waals surface area contributed by atoms with Crippen LogP contribution < -0.4 is 0 Å². The Morgan fingerprint density at radius 3 is 2.74 bits per heavy atom. The number of thioether (sulfide) groups is 1. The molecule has 1 spiro atoms. The fourth-order valence-corrected chi connectivity index (χ4v) is 4.58. The van der Waals surface area contributed by atoms with Gasteiger partial charge in [0.1, 0.15) is 5.03 Å². The van der Waals surface area contributed by atoms with Crippen LogP contribution in [-0.4, -0.2) is 57.5 Å². The van der Waals surface area contributed by atoms with Crippen LogP contribution >= 0.6 is 11.8 Å². The van der Waals surface area contributed by atoms with Crippen LogP contribution in [0.3, 0.4) is 0 Å². The lowest BCUT2D eigenvalue weighted by Gasteiger charge is -2.24. The van der Waals surface area contributed by atoms with Crippen LogP contribution in [0.2, 0.25) is 0 Å². The minimum absolute atomic E-state index is 0.0275. The molecule has 7 heteroatoms. The normalized spacial score (nSPS) is 22.0. The number of hydrogen-bond acceptors (Lipinski definition) is 5. The molecule has 4 heterocycles. The zero-order chi connectivity index (χ0) is 18.9. The molecule has 0 radical (unpaired) electrons. The summed E-state index contributed by atoms with van der Waals surface area (Å²) in [5, 5.41) is 0.734. The van der Waals surface area contributed by atoms with Crippen molar-refractivity contribution in [3.8, 4) is 0 Å². The standard InChI is InChI=1S/C20H22N4O2S/c1-27-17-16(6-4-10-22-17)18(25)24-12-8-20(14-24)7-11-23(19(20)26)13-15-5-2-3-9-21-15/h2-6,9-10H,7-8,11-14H2,1H3. The molecule has 140 valence electrons. The van der Waals surface area contributed by atoms with Crippen molar-refractivity contribution in [3.05, 3.63) is 54.0 Å². The Morgan fingerprint density at radius 2 is 1.96 bits per heavy atom. The average molecular weight is 382 g/mol. The Hall–Kier alpha value is -2.41. The van der Waals surface area contributed by atoms with E-state index in [1.165, 1.54) is 11.8 Å². The number of nitrogens with zero attached hydrogens (tertiary/aromatic N) is 4. The summed E-state index contributed by atoms with van der Waals surface area (Å²) in [6.45, 7) is 2.37. The van der Waals surface area contributed by atoms with Crippen molar-refractivity contribution < 1.29 is 9.59 Å². The first-order valence-electron chi connectivity index (χ1n) is 9.10. The molecule has 2 aliphatic heterocycles. The van der Waals surface area contributed by atoms with Crippen molar-refractivity contribution in [2.24, 2.45) is 5.41 Å². The molecule has 2 saturated heterocycles. The molecule has 2 aromatic rings. The maximum Gasteiger partial charge on any atom is 0.256 e. The van der Waals surface area contributed by atoms with Gasteiger partial charge in [0.05, 0.1) is 23.2 Å². The highest BCUT2D eigenvalue weighted by molar-refractivity contribution is 7.98. The molecule has 6 nitrogen and oxygen atoms in total. The zero-order valence-electron chi connectivity index (χ0n) is 15.3. The Bertz CT molecular complexity index is 860. The van der Waals surface area contributed by atoms with Gasteiger partial charge in [0, 0.05) is 32.0 Å². The predicted molar refractivity (Wildman–Crippen MR) is 103 cm³/mol. The largest absolute Gasteiger partial charge is 0.337 e. The molecule has 2 amide bonds. The van der Waals surface area contributed by atoms with E-state index in [9.17, 15) is 9.59 Å². The van der Waals surface area contributed by atoms with Gasteiger partial charge < -0.3 is 9.80 Å². The molecule has 1 atom stereocenters. The highest BCUT2D eigenvalue weighted by Gasteiger charge is 2.51. The van der Waals surface area contributed by atoms with E-state index >= 15 is 0 Å². The van der Waals surface area contributed by atoms with Gasteiger partial charge in [0.25, 0.3) is 5.91 Å². The van der Waals surface area contributed by atoms with E-state index in [0.717, 1.165) is 30.1 Å². The maximum absolute atomic E-state index is 13.1. The summed E-state index contributed by atoms with van der Waals surface area (Å²) in [6.07, 6.45) is 6.89. The number of amides is 2. The molecule has 0 N–H and O–H groups in total. The van der Waals surface area contributed by atoms with E-state index in [0.29, 0.717) is 25.2 Å². The van der Waals surface area contributed by atoms with E-state index in [2.05, 4.69) is 9.97 Å². The Balaban J connectivity index is 1.47. The van der Waals surface area contributed by atoms with Crippen LogP contribution in [0, 0.1) is 5.41 Å². The first-order valence-corrected chi connectivity index (χ1v) is 10.3. The van der Waals surface area contributed by atoms with Crippen LogP contribution in [-0.2, 0) is 11.3 Å². The third-order valence-electron chi connectivity index (χ3n) is 5.52. The molecule has 27 heavy (non-hydrogen) atoms. The van der Waals surface area contributed by atoms with Crippen molar-refractivity contribution >= 4 is 23.6 Å². The molecule has 0 saturated carbocycles. The predicted octanol–water partition coefficient (Wildman–Crippen LogP) is 2.46. The molecule has 1 unspecified atom stereocenters. The monoisotopic (exact) mass is 382 g/mol. The fourth-order valence-electron chi connectivity index (χ4n) is 4.04. The summed E-state index contributed by atoms with van der Waals surface area (Å²) in [5.74, 6) is 0.125. The van der Waals surface area contributed by atoms with Gasteiger partial charge in [-0.1, -0.05) is 6.07 Å². The number of carbonyl (C=O) groups is 2. The lowest BCUT2D eigenvalue weighted by molar-refractivity contribution is -0.135. The van der Waals surface area contributed by atoms with Gasteiger partial charge in [-0.2, -0.15) is 0 Å². The number of pyridine rings is 2. The molecule has 0 aliphatic carbocycles. The summed E-state index contributed by atoms with van der Waals surface area (Å²) in [6, 6.07) is 9.35. The first-order chi connectivity index (χ1) is 13.1. The summed E-state index contributed by atoms with van der Waals surface area (Å²) in [5.41, 5.74) is 1.08. The molecule has 2 aliphatic rings. The molecule has 0 aromatic carbocycles. The summed E-state index contributed by atoms with van der Waals surface area (Å²) in [4.78, 5) is 38.4. The molecule has 2 fully saturated rings. The quantitative estimate of drug-likeness (QED) is 0.760. The topological polar surface area (TPSA) is 66.4 Å². The van der Waals surface area contributed by atoms with E-state index in [4.69, 9.17) is 0 Å². The number of aromatic nitrogens is 2. The third-order valence-corrected chi connectivity index (χ3v) is 6.23. The summed E-state index contributed by atoms with van der Waals surface area (Å²) in [7, 11) is 0. The average Bonchev–Trinajstić information content (AvgIpc) is 3.28. The minimum atomic E-state index is -0.438. The number of carbonyl (C=O) groups excluding carboxylic acids is 2. The van der Waals surface area contributed by atoms with Crippen molar-refractivity contribution in [2.45, 2.75) is 24.4 Å². The highest BCUT2D eigenvalue weighted by Crippen LogP contribution is 2.41. The third kappa shape index (κ3) is 3.32. The van der Waals surface area contributed by atoms with Gasteiger partial charge in [-0.15, -0.1) is 11.8 Å². The molecule has 2 aromatic heterocycles. The lowest BCUT2D eigenvalue weighted by Crippen LogP contribution is -2.38. The van der Waals surface area contributed by atoms with Crippen molar-refractivity contribution in [3.63, 3.8) is 0 Å². The Morgan fingerprint density at radius 1 is 1.15 bits per heavy atom. The Labute approximate surface area is 163 Å². The second kappa shape index (κ2) is 7.31. The Kier molecular flexibility index (Phi) is 4.86. The maximum atomic E-state index is 13.1. The van der Waals surface area contributed by atoms with E-state index in [1.54, 1.807) is 18.5 Å². The molecular formula is C20H22N4O2S. The van der Waals surface area contributed by atoms with Crippen molar-refractivity contribution in [1.82, 2.24) is 19.8 Å². The fraction of sp³-hybridized carbons (Fsp3) is 0.400. The second-order valence-corrected chi connectivity index (χ2v) is 7.91. The van der Waals surface area contributed by atoms with Gasteiger partial charge in [-0.05, 0) is 43.4 Å². The lowest BCUT2D eigenvalue weighted by atomic mass is 9.85. The van der Waals surface area contributed by atoms with Crippen LogP contribution in [0.15, 0.2) is 47.8 Å². The van der Waals surface area contributed by atoms with E-state index in [1.807, 2.05) is 40.3 Å². The van der Waals surface area contributed by atoms with Gasteiger partial charge in [-0.3, -0.25) is 14.6 Å². The molecular weight excluding hydrogens is 360 g/mol. The van der Waals surface area contributed by atoms with E-state index in [-0.39, 0.29) is 11.8 Å². The SMILES string of the molecule is CSc1ncccc1C(=O)N1CCC2(CCN(Cc3ccccn3)C2=O)C1. The van der Waals surface area contributed by atoms with Crippen molar-refractivity contribution in [2.75, 3.05) is 25.9 Å². The second-order valence-electron chi connectivity index (χ2n) is 7.12. The molecule has 4 rings (SSSR count). The van der Waals surface area contributed by atoms with Crippen LogP contribution in [0.25, 0.3) is 0 Å². The zero-order valence-corrected chi connectivity index (χ0v) is 16.1. The summed E-state index contributed by atoms with van der Waals surface area (Å²) >= 11 is 1.47. The summed E-state index contributed by atoms with van der Waals surface area (Å²) < 4.78 is 0. The van der Waals surface area contributed by atoms with Crippen LogP contribution in [0.1, 0.15) is 28.9 Å². The van der Waals surface area contributed by atoms with Gasteiger partial charge in [0.15, 0.2) is 0 Å². The molecule has 0 bridgehead atoms. The number of likely N-dealkylation sites (tertiary alicyclic amines) is 2. The van der Waals surface area contributed by atoms with Gasteiger partial charge >= 0.3 is 0 Å². The van der Waals surface area contributed by atoms with E-state index < -0.39 is 5.41 Å². The smallest absolute Gasteiger partial charge is 0.256 e. The van der Waals surface area contributed by atoms with Crippen LogP contribution in [0.5, 0.6) is 0 Å². The van der Waals surface area contributed by atoms with Crippen molar-refractivity contribution in [1.29, 1.82) is 0 Å². The number of rotatable bonds is 4.